The zero-order valence-electron chi connectivity index (χ0n) is 10.7. The van der Waals surface area contributed by atoms with E-state index in [0.717, 1.165) is 39.1 Å². The van der Waals surface area contributed by atoms with Crippen LogP contribution in [0, 0.1) is 5.92 Å². The van der Waals surface area contributed by atoms with Crippen molar-refractivity contribution in [2.45, 2.75) is 32.7 Å². The fourth-order valence-corrected chi connectivity index (χ4v) is 2.04. The van der Waals surface area contributed by atoms with Gasteiger partial charge in [-0.2, -0.15) is 0 Å². The summed E-state index contributed by atoms with van der Waals surface area (Å²) in [6.45, 7) is 7.77. The largest absolute Gasteiger partial charge is 0.384 e. The van der Waals surface area contributed by atoms with Gasteiger partial charge < -0.3 is 15.0 Å². The van der Waals surface area contributed by atoms with Crippen molar-refractivity contribution in [1.82, 2.24) is 10.2 Å². The third kappa shape index (κ3) is 4.49. The molecule has 0 aliphatic carbocycles. The highest BCUT2D eigenvalue weighted by molar-refractivity contribution is 5.78. The molecule has 0 bridgehead atoms. The van der Waals surface area contributed by atoms with Crippen LogP contribution in [0.2, 0.25) is 0 Å². The van der Waals surface area contributed by atoms with E-state index in [2.05, 4.69) is 19.2 Å². The topological polar surface area (TPSA) is 41.6 Å². The van der Waals surface area contributed by atoms with Crippen molar-refractivity contribution >= 4 is 5.91 Å². The van der Waals surface area contributed by atoms with Gasteiger partial charge in [-0.3, -0.25) is 4.79 Å². The van der Waals surface area contributed by atoms with Crippen LogP contribution in [-0.4, -0.2) is 50.2 Å². The van der Waals surface area contributed by atoms with Gasteiger partial charge in [0, 0.05) is 45.8 Å². The van der Waals surface area contributed by atoms with Crippen molar-refractivity contribution < 1.29 is 9.53 Å². The summed E-state index contributed by atoms with van der Waals surface area (Å²) in [5.41, 5.74) is 0. The minimum Gasteiger partial charge on any atom is -0.384 e. The van der Waals surface area contributed by atoms with E-state index in [-0.39, 0.29) is 0 Å². The molecule has 1 N–H and O–H groups in total. The maximum Gasteiger partial charge on any atom is 0.222 e. The maximum atomic E-state index is 11.4. The zero-order chi connectivity index (χ0) is 12.0. The van der Waals surface area contributed by atoms with Crippen LogP contribution in [0.25, 0.3) is 0 Å². The van der Waals surface area contributed by atoms with E-state index in [0.29, 0.717) is 17.9 Å². The molecular formula is C12H24N2O2. The number of nitrogens with one attached hydrogen (secondary N) is 1. The second kappa shape index (κ2) is 6.86. The van der Waals surface area contributed by atoms with Crippen molar-refractivity contribution in [3.63, 3.8) is 0 Å². The number of nitrogens with zero attached hydrogens (tertiary/aromatic N) is 1. The lowest BCUT2D eigenvalue weighted by Crippen LogP contribution is -2.41. The molecule has 1 rings (SSSR count). The molecule has 1 saturated heterocycles. The molecule has 2 atom stereocenters. The summed E-state index contributed by atoms with van der Waals surface area (Å²) in [5, 5.41) is 3.44. The Morgan fingerprint density at radius 3 is 2.81 bits per heavy atom. The highest BCUT2D eigenvalue weighted by atomic mass is 16.5. The maximum absolute atomic E-state index is 11.4. The number of ether oxygens (including phenoxy) is 1. The average Bonchev–Trinajstić information content (AvgIpc) is 2.62. The SMILES string of the molecule is COCC(C)CNC(C)CN1CCCC1=O. The predicted octanol–water partition coefficient (Wildman–Crippen LogP) is 0.869. The van der Waals surface area contributed by atoms with Crippen LogP contribution < -0.4 is 5.32 Å². The first-order valence-corrected chi connectivity index (χ1v) is 6.13. The van der Waals surface area contributed by atoms with E-state index in [1.807, 2.05) is 4.90 Å². The van der Waals surface area contributed by atoms with Crippen LogP contribution in [0.1, 0.15) is 26.7 Å². The standard InChI is InChI=1S/C12H24N2O2/c1-10(9-16-3)7-13-11(2)8-14-6-4-5-12(14)15/h10-11,13H,4-9H2,1-3H3. The molecule has 0 radical (unpaired) electrons. The molecule has 4 nitrogen and oxygen atoms in total. The number of carbonyl (C=O) groups is 1. The predicted molar refractivity (Wildman–Crippen MR) is 64.3 cm³/mol. The number of hydrogen-bond donors (Lipinski definition) is 1. The van der Waals surface area contributed by atoms with Crippen LogP contribution >= 0.6 is 0 Å². The monoisotopic (exact) mass is 228 g/mol. The van der Waals surface area contributed by atoms with Crippen LogP contribution in [0.5, 0.6) is 0 Å². The zero-order valence-corrected chi connectivity index (χ0v) is 10.7. The van der Waals surface area contributed by atoms with Gasteiger partial charge in [0.1, 0.15) is 0 Å². The minimum absolute atomic E-state index is 0.304. The summed E-state index contributed by atoms with van der Waals surface area (Å²) in [6, 6.07) is 0.362. The summed E-state index contributed by atoms with van der Waals surface area (Å²) >= 11 is 0. The molecule has 4 heteroatoms. The Bertz CT molecular complexity index is 221. The molecule has 1 amide bonds. The highest BCUT2D eigenvalue weighted by Gasteiger charge is 2.21. The number of rotatable bonds is 7. The number of amides is 1. The molecule has 1 aliphatic rings. The lowest BCUT2D eigenvalue weighted by Gasteiger charge is -2.23. The van der Waals surface area contributed by atoms with Gasteiger partial charge in [-0.25, -0.2) is 0 Å². The van der Waals surface area contributed by atoms with Crippen LogP contribution in [0.4, 0.5) is 0 Å². The first kappa shape index (κ1) is 13.5. The van der Waals surface area contributed by atoms with Gasteiger partial charge in [0.05, 0.1) is 0 Å². The van der Waals surface area contributed by atoms with E-state index in [4.69, 9.17) is 4.74 Å². The van der Waals surface area contributed by atoms with Crippen molar-refractivity contribution in [1.29, 1.82) is 0 Å². The van der Waals surface area contributed by atoms with Crippen molar-refractivity contribution in [2.75, 3.05) is 33.4 Å². The molecular weight excluding hydrogens is 204 g/mol. The summed E-state index contributed by atoms with van der Waals surface area (Å²) < 4.78 is 5.08. The van der Waals surface area contributed by atoms with Crippen LogP contribution in [-0.2, 0) is 9.53 Å². The smallest absolute Gasteiger partial charge is 0.222 e. The Morgan fingerprint density at radius 2 is 2.25 bits per heavy atom. The molecule has 0 saturated carbocycles. The Labute approximate surface area is 98.3 Å². The minimum atomic E-state index is 0.304. The Balaban J connectivity index is 2.15. The summed E-state index contributed by atoms with van der Waals surface area (Å²) in [7, 11) is 1.73. The van der Waals surface area contributed by atoms with Crippen molar-refractivity contribution in [3.8, 4) is 0 Å². The molecule has 94 valence electrons. The fraction of sp³-hybridized carbons (Fsp3) is 0.917. The van der Waals surface area contributed by atoms with Gasteiger partial charge in [-0.1, -0.05) is 6.92 Å². The van der Waals surface area contributed by atoms with E-state index in [9.17, 15) is 4.79 Å². The molecule has 1 aliphatic heterocycles. The molecule has 0 aromatic rings. The second-order valence-corrected chi connectivity index (χ2v) is 4.81. The highest BCUT2D eigenvalue weighted by Crippen LogP contribution is 2.09. The molecule has 1 fully saturated rings. The average molecular weight is 228 g/mol. The Kier molecular flexibility index (Phi) is 5.77. The third-order valence-corrected chi connectivity index (χ3v) is 2.93. The number of carbonyl (C=O) groups excluding carboxylic acids is 1. The number of likely N-dealkylation sites (tertiary alicyclic amines) is 1. The lowest BCUT2D eigenvalue weighted by atomic mass is 10.2. The second-order valence-electron chi connectivity index (χ2n) is 4.81. The quantitative estimate of drug-likeness (QED) is 0.703. The molecule has 0 spiro atoms. The summed E-state index contributed by atoms with van der Waals surface area (Å²) in [4.78, 5) is 13.4. The van der Waals surface area contributed by atoms with E-state index >= 15 is 0 Å². The molecule has 1 heterocycles. The third-order valence-electron chi connectivity index (χ3n) is 2.93. The van der Waals surface area contributed by atoms with Gasteiger partial charge in [0.2, 0.25) is 5.91 Å². The number of methoxy groups -OCH3 is 1. The van der Waals surface area contributed by atoms with Gasteiger partial charge in [0.15, 0.2) is 0 Å². The van der Waals surface area contributed by atoms with Crippen LogP contribution in [0.15, 0.2) is 0 Å². The molecule has 0 aromatic heterocycles. The lowest BCUT2D eigenvalue weighted by molar-refractivity contribution is -0.127. The van der Waals surface area contributed by atoms with Crippen molar-refractivity contribution in [2.24, 2.45) is 5.92 Å². The summed E-state index contributed by atoms with van der Waals surface area (Å²) in [6.07, 6.45) is 1.75. The normalized spacial score (nSPS) is 20.2. The van der Waals surface area contributed by atoms with Gasteiger partial charge in [0.25, 0.3) is 0 Å². The van der Waals surface area contributed by atoms with Gasteiger partial charge in [-0.05, 0) is 19.3 Å². The molecule has 16 heavy (non-hydrogen) atoms. The first-order valence-electron chi connectivity index (χ1n) is 6.13. The van der Waals surface area contributed by atoms with Crippen LogP contribution in [0.3, 0.4) is 0 Å². The Morgan fingerprint density at radius 1 is 1.50 bits per heavy atom. The first-order chi connectivity index (χ1) is 7.63. The Hall–Kier alpha value is -0.610. The molecule has 2 unspecified atom stereocenters. The molecule has 0 aromatic carbocycles. The number of hydrogen-bond acceptors (Lipinski definition) is 3. The van der Waals surface area contributed by atoms with Gasteiger partial charge in [-0.15, -0.1) is 0 Å². The fourth-order valence-electron chi connectivity index (χ4n) is 2.04. The summed E-state index contributed by atoms with van der Waals surface area (Å²) in [5.74, 6) is 0.820. The van der Waals surface area contributed by atoms with E-state index in [1.54, 1.807) is 7.11 Å². The van der Waals surface area contributed by atoms with Crippen molar-refractivity contribution in [3.05, 3.63) is 0 Å². The van der Waals surface area contributed by atoms with Gasteiger partial charge >= 0.3 is 0 Å². The van der Waals surface area contributed by atoms with E-state index in [1.165, 1.54) is 0 Å². The van der Waals surface area contributed by atoms with E-state index < -0.39 is 0 Å².